The lowest BCUT2D eigenvalue weighted by molar-refractivity contribution is 0.00246. The maximum absolute atomic E-state index is 5.67. The van der Waals surface area contributed by atoms with Gasteiger partial charge in [-0.1, -0.05) is 40.0 Å². The van der Waals surface area contributed by atoms with E-state index in [0.29, 0.717) is 12.0 Å². The van der Waals surface area contributed by atoms with Crippen molar-refractivity contribution >= 4 is 29.9 Å². The minimum atomic E-state index is 0. The van der Waals surface area contributed by atoms with Gasteiger partial charge in [0, 0.05) is 51.8 Å². The molecule has 0 saturated carbocycles. The molecule has 2 aliphatic rings. The number of ether oxygens (including phenoxy) is 2. The molecule has 7 heteroatoms. The molecular weight excluding hydrogens is 467 g/mol. The van der Waals surface area contributed by atoms with E-state index in [1.165, 1.54) is 25.7 Å². The average Bonchev–Trinajstić information content (AvgIpc) is 3.20. The van der Waals surface area contributed by atoms with E-state index in [9.17, 15) is 0 Å². The lowest BCUT2D eigenvalue weighted by Crippen LogP contribution is -2.54. The lowest BCUT2D eigenvalue weighted by atomic mass is 9.87. The molecule has 0 radical (unpaired) electrons. The van der Waals surface area contributed by atoms with E-state index < -0.39 is 0 Å². The van der Waals surface area contributed by atoms with Crippen molar-refractivity contribution in [2.24, 2.45) is 16.3 Å². The van der Waals surface area contributed by atoms with Crippen LogP contribution < -0.4 is 10.6 Å². The second-order valence-electron chi connectivity index (χ2n) is 8.77. The monoisotopic (exact) mass is 510 g/mol. The fourth-order valence-electron chi connectivity index (χ4n) is 4.05. The summed E-state index contributed by atoms with van der Waals surface area (Å²) in [4.78, 5) is 7.02. The minimum Gasteiger partial charge on any atom is -0.381 e. The molecule has 28 heavy (non-hydrogen) atoms. The predicted octanol–water partition coefficient (Wildman–Crippen LogP) is 3.11. The van der Waals surface area contributed by atoms with Crippen molar-refractivity contribution < 1.29 is 9.47 Å². The second-order valence-corrected chi connectivity index (χ2v) is 8.77. The minimum absolute atomic E-state index is 0. The topological polar surface area (TPSA) is 58.1 Å². The molecule has 0 aromatic heterocycles. The molecule has 0 amide bonds. The molecule has 2 rings (SSSR count). The highest BCUT2D eigenvalue weighted by Gasteiger charge is 2.31. The highest BCUT2D eigenvalue weighted by molar-refractivity contribution is 14.0. The summed E-state index contributed by atoms with van der Waals surface area (Å²) in [5.74, 6) is 1.51. The third kappa shape index (κ3) is 9.13. The number of halogens is 1. The number of aliphatic imine (C=N–C) groups is 1. The molecule has 2 N–H and O–H groups in total. The second kappa shape index (κ2) is 14.0. The van der Waals surface area contributed by atoms with Gasteiger partial charge in [0.1, 0.15) is 0 Å². The van der Waals surface area contributed by atoms with Gasteiger partial charge in [0.15, 0.2) is 5.96 Å². The van der Waals surface area contributed by atoms with E-state index in [0.717, 1.165) is 65.0 Å². The van der Waals surface area contributed by atoms with Crippen molar-refractivity contribution in [2.45, 2.75) is 58.9 Å². The Bertz CT molecular complexity index is 436. The van der Waals surface area contributed by atoms with Crippen LogP contribution in [0.15, 0.2) is 4.99 Å². The molecule has 0 aliphatic carbocycles. The molecule has 2 aliphatic heterocycles. The number of unbranched alkanes of at least 4 members (excludes halogenated alkanes) is 2. The maximum atomic E-state index is 5.67. The summed E-state index contributed by atoms with van der Waals surface area (Å²) in [7, 11) is 1.86. The molecule has 0 bridgehead atoms. The van der Waals surface area contributed by atoms with Gasteiger partial charge in [-0.3, -0.25) is 9.89 Å². The molecule has 2 fully saturated rings. The van der Waals surface area contributed by atoms with Crippen LogP contribution in [0, 0.1) is 11.3 Å². The van der Waals surface area contributed by atoms with Gasteiger partial charge in [0.2, 0.25) is 0 Å². The van der Waals surface area contributed by atoms with E-state index >= 15 is 0 Å². The molecule has 6 nitrogen and oxygen atoms in total. The Morgan fingerprint density at radius 3 is 2.50 bits per heavy atom. The van der Waals surface area contributed by atoms with Gasteiger partial charge in [-0.15, -0.1) is 24.0 Å². The maximum Gasteiger partial charge on any atom is 0.191 e. The van der Waals surface area contributed by atoms with E-state index in [1.54, 1.807) is 0 Å². The standard InChI is InChI=1S/C21H42N4O2.HI/c1-5-6-7-9-21(2,3)17-24-20(22-4)23-15-19(18-8-12-27-16-18)25-10-13-26-14-11-25;/h18-19H,5-17H2,1-4H3,(H2,22,23,24);1H. The molecule has 2 heterocycles. The number of rotatable bonds is 10. The van der Waals surface area contributed by atoms with Crippen LogP contribution in [0.4, 0.5) is 0 Å². The molecule has 2 atom stereocenters. The largest absolute Gasteiger partial charge is 0.381 e. The van der Waals surface area contributed by atoms with Crippen LogP contribution in [0.3, 0.4) is 0 Å². The van der Waals surface area contributed by atoms with Crippen LogP contribution in [0.25, 0.3) is 0 Å². The van der Waals surface area contributed by atoms with Crippen LogP contribution in [0.2, 0.25) is 0 Å². The normalized spacial score (nSPS) is 22.6. The van der Waals surface area contributed by atoms with E-state index in [2.05, 4.69) is 41.3 Å². The number of nitrogens with zero attached hydrogens (tertiary/aromatic N) is 2. The number of morpholine rings is 1. The van der Waals surface area contributed by atoms with Crippen LogP contribution in [0.1, 0.15) is 52.9 Å². The Morgan fingerprint density at radius 2 is 1.89 bits per heavy atom. The Hall–Kier alpha value is -0.120. The lowest BCUT2D eigenvalue weighted by Gasteiger charge is -2.38. The summed E-state index contributed by atoms with van der Waals surface area (Å²) in [5.41, 5.74) is 0.287. The zero-order valence-electron chi connectivity index (χ0n) is 18.5. The number of hydrogen-bond acceptors (Lipinski definition) is 4. The van der Waals surface area contributed by atoms with Gasteiger partial charge < -0.3 is 20.1 Å². The zero-order valence-corrected chi connectivity index (χ0v) is 20.8. The highest BCUT2D eigenvalue weighted by atomic mass is 127. The van der Waals surface area contributed by atoms with Crippen molar-refractivity contribution in [1.29, 1.82) is 0 Å². The molecule has 0 spiro atoms. The Balaban J connectivity index is 0.00000392. The SMILES string of the molecule is CCCCCC(C)(C)CNC(=NC)NCC(C1CCOC1)N1CCOCC1.I. The highest BCUT2D eigenvalue weighted by Crippen LogP contribution is 2.23. The van der Waals surface area contributed by atoms with Gasteiger partial charge >= 0.3 is 0 Å². The first-order chi connectivity index (χ1) is 13.1. The van der Waals surface area contributed by atoms with Crippen molar-refractivity contribution in [2.75, 3.05) is 59.7 Å². The molecule has 166 valence electrons. The Labute approximate surface area is 189 Å². The van der Waals surface area contributed by atoms with E-state index in [1.807, 2.05) is 7.05 Å². The summed E-state index contributed by atoms with van der Waals surface area (Å²) in [6.45, 7) is 14.3. The van der Waals surface area contributed by atoms with Crippen LogP contribution in [0.5, 0.6) is 0 Å². The van der Waals surface area contributed by atoms with Gasteiger partial charge in [-0.25, -0.2) is 0 Å². The molecule has 0 aromatic carbocycles. The zero-order chi connectivity index (χ0) is 19.5. The molecule has 0 aromatic rings. The summed E-state index contributed by atoms with van der Waals surface area (Å²) < 4.78 is 11.2. The Morgan fingerprint density at radius 1 is 1.14 bits per heavy atom. The summed E-state index contributed by atoms with van der Waals surface area (Å²) in [6.07, 6.45) is 6.31. The smallest absolute Gasteiger partial charge is 0.191 e. The third-order valence-electron chi connectivity index (χ3n) is 5.92. The van der Waals surface area contributed by atoms with E-state index in [4.69, 9.17) is 9.47 Å². The molecular formula is C21H43IN4O2. The number of hydrogen-bond donors (Lipinski definition) is 2. The van der Waals surface area contributed by atoms with E-state index in [-0.39, 0.29) is 29.4 Å². The summed E-state index contributed by atoms with van der Waals surface area (Å²) >= 11 is 0. The molecule has 2 unspecified atom stereocenters. The van der Waals surface area contributed by atoms with Gasteiger partial charge in [0.05, 0.1) is 19.8 Å². The van der Waals surface area contributed by atoms with Crippen LogP contribution in [-0.2, 0) is 9.47 Å². The third-order valence-corrected chi connectivity index (χ3v) is 5.92. The van der Waals surface area contributed by atoms with Crippen molar-refractivity contribution in [3.05, 3.63) is 0 Å². The Kier molecular flexibility index (Phi) is 12.9. The van der Waals surface area contributed by atoms with Crippen molar-refractivity contribution in [3.8, 4) is 0 Å². The molecule has 2 saturated heterocycles. The van der Waals surface area contributed by atoms with Gasteiger partial charge in [-0.2, -0.15) is 0 Å². The first kappa shape index (κ1) is 25.9. The van der Waals surface area contributed by atoms with Gasteiger partial charge in [-0.05, 0) is 18.3 Å². The fraction of sp³-hybridized carbons (Fsp3) is 0.952. The average molecular weight is 511 g/mol. The number of guanidine groups is 1. The summed E-state index contributed by atoms with van der Waals surface area (Å²) in [6, 6.07) is 0.479. The van der Waals surface area contributed by atoms with Crippen molar-refractivity contribution in [3.63, 3.8) is 0 Å². The van der Waals surface area contributed by atoms with Crippen molar-refractivity contribution in [1.82, 2.24) is 15.5 Å². The first-order valence-electron chi connectivity index (χ1n) is 10.9. The number of nitrogens with one attached hydrogen (secondary N) is 2. The van der Waals surface area contributed by atoms with Gasteiger partial charge in [0.25, 0.3) is 0 Å². The predicted molar refractivity (Wildman–Crippen MR) is 128 cm³/mol. The first-order valence-corrected chi connectivity index (χ1v) is 10.9. The fourth-order valence-corrected chi connectivity index (χ4v) is 4.05. The summed E-state index contributed by atoms with van der Waals surface area (Å²) in [5, 5.41) is 7.13. The van der Waals surface area contributed by atoms with Crippen LogP contribution >= 0.6 is 24.0 Å². The van der Waals surface area contributed by atoms with Crippen LogP contribution in [-0.4, -0.2) is 76.6 Å². The quantitative estimate of drug-likeness (QED) is 0.205.